The first-order valence-electron chi connectivity index (χ1n) is 7.28. The maximum absolute atomic E-state index is 12.8. The second-order valence-corrected chi connectivity index (χ2v) is 6.98. The van der Waals surface area contributed by atoms with Crippen LogP contribution in [0.1, 0.15) is 26.3 Å². The van der Waals surface area contributed by atoms with Crippen molar-refractivity contribution in [1.29, 1.82) is 0 Å². The Balaban J connectivity index is 2.47. The second kappa shape index (κ2) is 8.93. The maximum atomic E-state index is 12.8. The molecule has 0 spiro atoms. The number of guanidine groups is 1. The average Bonchev–Trinajstić information content (AvgIpc) is 2.47. The van der Waals surface area contributed by atoms with Gasteiger partial charge in [0.2, 0.25) is 0 Å². The summed E-state index contributed by atoms with van der Waals surface area (Å²) in [5.41, 5.74) is 1.11. The number of hydrogen-bond acceptors (Lipinski definition) is 2. The fourth-order valence-electron chi connectivity index (χ4n) is 1.65. The molecule has 0 amide bonds. The Morgan fingerprint density at radius 3 is 2.48 bits per heavy atom. The van der Waals surface area contributed by atoms with Crippen LogP contribution in [0.4, 0.5) is 4.39 Å². The molecule has 0 radical (unpaired) electrons. The number of benzene rings is 1. The first-order chi connectivity index (χ1) is 9.96. The number of aliphatic imine (C=N–C) groups is 1. The van der Waals surface area contributed by atoms with Crippen LogP contribution in [0, 0.1) is 5.82 Å². The molecular formula is C16H26FN3S. The Labute approximate surface area is 131 Å². The summed E-state index contributed by atoms with van der Waals surface area (Å²) in [6, 6.07) is 6.63. The third-order valence-electron chi connectivity index (χ3n) is 3.13. The molecule has 1 aromatic carbocycles. The van der Waals surface area contributed by atoms with Crippen molar-refractivity contribution < 1.29 is 4.39 Å². The number of halogens is 1. The van der Waals surface area contributed by atoms with Gasteiger partial charge in [-0.05, 0) is 51.1 Å². The third kappa shape index (κ3) is 7.37. The number of hydrogen-bond donors (Lipinski definition) is 2. The first-order valence-corrected chi connectivity index (χ1v) is 8.51. The lowest BCUT2D eigenvalue weighted by molar-refractivity contribution is 0.626. The molecular weight excluding hydrogens is 285 g/mol. The van der Waals surface area contributed by atoms with E-state index in [9.17, 15) is 4.39 Å². The third-order valence-corrected chi connectivity index (χ3v) is 4.37. The summed E-state index contributed by atoms with van der Waals surface area (Å²) < 4.78 is 13.0. The molecule has 0 saturated heterocycles. The Kier molecular flexibility index (Phi) is 7.57. The van der Waals surface area contributed by atoms with Crippen molar-refractivity contribution in [2.24, 2.45) is 4.99 Å². The minimum absolute atomic E-state index is 0.138. The van der Waals surface area contributed by atoms with E-state index >= 15 is 0 Å². The highest BCUT2D eigenvalue weighted by Gasteiger charge is 2.15. The quantitative estimate of drug-likeness (QED) is 0.600. The van der Waals surface area contributed by atoms with E-state index in [4.69, 9.17) is 0 Å². The van der Waals surface area contributed by atoms with Gasteiger partial charge in [0.1, 0.15) is 5.82 Å². The molecule has 0 aliphatic rings. The van der Waals surface area contributed by atoms with Crippen LogP contribution >= 0.6 is 11.8 Å². The van der Waals surface area contributed by atoms with Gasteiger partial charge in [-0.25, -0.2) is 4.39 Å². The smallest absolute Gasteiger partial charge is 0.191 e. The molecule has 1 rings (SSSR count). The van der Waals surface area contributed by atoms with E-state index in [1.807, 2.05) is 23.9 Å². The Morgan fingerprint density at radius 1 is 1.24 bits per heavy atom. The van der Waals surface area contributed by atoms with Gasteiger partial charge in [-0.3, -0.25) is 4.99 Å². The minimum atomic E-state index is -0.194. The van der Waals surface area contributed by atoms with Gasteiger partial charge in [0.25, 0.3) is 0 Å². The summed E-state index contributed by atoms with van der Waals surface area (Å²) in [6.07, 6.45) is 2.95. The van der Waals surface area contributed by atoms with E-state index in [2.05, 4.69) is 42.7 Å². The topological polar surface area (TPSA) is 36.4 Å². The van der Waals surface area contributed by atoms with Crippen LogP contribution in [-0.4, -0.2) is 36.6 Å². The molecule has 118 valence electrons. The summed E-state index contributed by atoms with van der Waals surface area (Å²) in [5.74, 6) is 0.641. The molecule has 0 aliphatic heterocycles. The van der Waals surface area contributed by atoms with Crippen molar-refractivity contribution >= 4 is 17.7 Å². The number of thioether (sulfide) groups is 1. The van der Waals surface area contributed by atoms with Crippen molar-refractivity contribution in [1.82, 2.24) is 10.6 Å². The van der Waals surface area contributed by atoms with Gasteiger partial charge in [0.15, 0.2) is 5.96 Å². The van der Waals surface area contributed by atoms with Gasteiger partial charge < -0.3 is 10.6 Å². The molecule has 0 aliphatic carbocycles. The van der Waals surface area contributed by atoms with Crippen LogP contribution in [0.2, 0.25) is 0 Å². The van der Waals surface area contributed by atoms with Crippen LogP contribution in [0.3, 0.4) is 0 Å². The lowest BCUT2D eigenvalue weighted by atomic mass is 10.1. The summed E-state index contributed by atoms with van der Waals surface area (Å²) in [7, 11) is 0. The van der Waals surface area contributed by atoms with Gasteiger partial charge >= 0.3 is 0 Å². The van der Waals surface area contributed by atoms with Crippen LogP contribution in [0.5, 0.6) is 0 Å². The van der Waals surface area contributed by atoms with Crippen LogP contribution in [-0.2, 0) is 6.42 Å². The molecule has 0 heterocycles. The molecule has 0 fully saturated rings. The zero-order chi connectivity index (χ0) is 15.7. The number of nitrogens with one attached hydrogen (secondary N) is 2. The van der Waals surface area contributed by atoms with Gasteiger partial charge in [0, 0.05) is 17.8 Å². The minimum Gasteiger partial charge on any atom is -0.357 e. The lowest BCUT2D eigenvalue weighted by Crippen LogP contribution is -2.39. The molecule has 5 heteroatoms. The summed E-state index contributed by atoms with van der Waals surface area (Å²) in [5, 5.41) is 6.56. The SMILES string of the molecule is CCNC(=NCC(C)(C)SC)NCCc1ccc(F)cc1. The maximum Gasteiger partial charge on any atom is 0.191 e. The molecule has 0 atom stereocenters. The van der Waals surface area contributed by atoms with Crippen LogP contribution in [0.15, 0.2) is 29.3 Å². The van der Waals surface area contributed by atoms with Gasteiger partial charge in [-0.1, -0.05) is 12.1 Å². The largest absolute Gasteiger partial charge is 0.357 e. The standard InChI is InChI=1S/C16H26FN3S/c1-5-18-15(20-12-16(2,3)21-4)19-11-10-13-6-8-14(17)9-7-13/h6-9H,5,10-12H2,1-4H3,(H2,18,19,20). The monoisotopic (exact) mass is 311 g/mol. The Bertz CT molecular complexity index is 443. The van der Waals surface area contributed by atoms with E-state index in [0.29, 0.717) is 0 Å². The highest BCUT2D eigenvalue weighted by Crippen LogP contribution is 2.20. The van der Waals surface area contributed by atoms with Crippen molar-refractivity contribution in [2.75, 3.05) is 25.9 Å². The first kappa shape index (κ1) is 17.8. The van der Waals surface area contributed by atoms with E-state index in [1.54, 1.807) is 0 Å². The van der Waals surface area contributed by atoms with Crippen molar-refractivity contribution in [3.8, 4) is 0 Å². The number of nitrogens with zero attached hydrogens (tertiary/aromatic N) is 1. The average molecular weight is 311 g/mol. The predicted octanol–water partition coefficient (Wildman–Crippen LogP) is 3.06. The molecule has 0 unspecified atom stereocenters. The normalized spacial score (nSPS) is 12.3. The van der Waals surface area contributed by atoms with E-state index in [1.165, 1.54) is 12.1 Å². The fraction of sp³-hybridized carbons (Fsp3) is 0.562. The van der Waals surface area contributed by atoms with Crippen LogP contribution < -0.4 is 10.6 Å². The molecule has 1 aromatic rings. The van der Waals surface area contributed by atoms with E-state index in [0.717, 1.165) is 37.6 Å². The summed E-state index contributed by atoms with van der Waals surface area (Å²) >= 11 is 1.81. The zero-order valence-corrected chi connectivity index (χ0v) is 14.2. The molecule has 3 nitrogen and oxygen atoms in total. The van der Waals surface area contributed by atoms with Crippen molar-refractivity contribution in [2.45, 2.75) is 31.9 Å². The van der Waals surface area contributed by atoms with Crippen molar-refractivity contribution in [3.05, 3.63) is 35.6 Å². The lowest BCUT2D eigenvalue weighted by Gasteiger charge is -2.20. The Hall–Kier alpha value is -1.23. The summed E-state index contributed by atoms with van der Waals surface area (Å²) in [6.45, 7) is 8.79. The molecule has 0 bridgehead atoms. The summed E-state index contributed by atoms with van der Waals surface area (Å²) in [4.78, 5) is 4.61. The van der Waals surface area contributed by atoms with Crippen molar-refractivity contribution in [3.63, 3.8) is 0 Å². The zero-order valence-electron chi connectivity index (χ0n) is 13.4. The van der Waals surface area contributed by atoms with E-state index in [-0.39, 0.29) is 10.6 Å². The highest BCUT2D eigenvalue weighted by molar-refractivity contribution is 7.99. The Morgan fingerprint density at radius 2 is 1.90 bits per heavy atom. The van der Waals surface area contributed by atoms with E-state index < -0.39 is 0 Å². The fourth-order valence-corrected chi connectivity index (χ4v) is 1.85. The molecule has 2 N–H and O–H groups in total. The predicted molar refractivity (Wildman–Crippen MR) is 91.7 cm³/mol. The molecule has 0 aromatic heterocycles. The highest BCUT2D eigenvalue weighted by atomic mass is 32.2. The van der Waals surface area contributed by atoms with Gasteiger partial charge in [0.05, 0.1) is 6.54 Å². The number of rotatable bonds is 7. The molecule has 0 saturated carbocycles. The van der Waals surface area contributed by atoms with Crippen LogP contribution in [0.25, 0.3) is 0 Å². The molecule has 21 heavy (non-hydrogen) atoms. The van der Waals surface area contributed by atoms with Gasteiger partial charge in [-0.15, -0.1) is 0 Å². The van der Waals surface area contributed by atoms with Gasteiger partial charge in [-0.2, -0.15) is 11.8 Å². The second-order valence-electron chi connectivity index (χ2n) is 5.46.